The number of hydrogen-bond acceptors (Lipinski definition) is 2. The summed E-state index contributed by atoms with van der Waals surface area (Å²) in [5.41, 5.74) is 7.08. The minimum Gasteiger partial charge on any atom is -0.399 e. The number of hydrogen-bond donors (Lipinski definition) is 1. The van der Waals surface area contributed by atoms with Crippen molar-refractivity contribution < 1.29 is 4.79 Å². The van der Waals surface area contributed by atoms with Crippen LogP contribution in [0.1, 0.15) is 43.0 Å². The summed E-state index contributed by atoms with van der Waals surface area (Å²) in [6, 6.07) is 7.64. The first kappa shape index (κ1) is 12.0. The van der Waals surface area contributed by atoms with Crippen LogP contribution in [0.25, 0.3) is 0 Å². The van der Waals surface area contributed by atoms with E-state index >= 15 is 0 Å². The van der Waals surface area contributed by atoms with Crippen LogP contribution in [0.15, 0.2) is 24.3 Å². The molecule has 1 saturated carbocycles. The summed E-state index contributed by atoms with van der Waals surface area (Å²) >= 11 is 0. The zero-order valence-corrected chi connectivity index (χ0v) is 10.4. The van der Waals surface area contributed by atoms with Crippen molar-refractivity contribution in [1.29, 1.82) is 0 Å². The predicted molar refractivity (Wildman–Crippen MR) is 69.8 cm³/mol. The summed E-state index contributed by atoms with van der Waals surface area (Å²) in [6.07, 6.45) is 4.79. The van der Waals surface area contributed by atoms with Crippen LogP contribution in [0.5, 0.6) is 0 Å². The smallest absolute Gasteiger partial charge is 0.254 e. The summed E-state index contributed by atoms with van der Waals surface area (Å²) in [5, 5.41) is 0. The molecule has 92 valence electrons. The number of nitrogens with zero attached hydrogens (tertiary/aromatic N) is 1. The minimum absolute atomic E-state index is 0.138. The lowest BCUT2D eigenvalue weighted by molar-refractivity contribution is 0.0693. The third kappa shape index (κ3) is 2.60. The van der Waals surface area contributed by atoms with Gasteiger partial charge < -0.3 is 10.6 Å². The number of nitrogen functional groups attached to an aromatic ring is 1. The van der Waals surface area contributed by atoms with Crippen molar-refractivity contribution in [2.75, 3.05) is 12.3 Å². The Hall–Kier alpha value is -1.51. The molecular formula is C14H20N2O. The molecule has 1 aliphatic carbocycles. The molecule has 2 rings (SSSR count). The van der Waals surface area contributed by atoms with Crippen LogP contribution in [0, 0.1) is 0 Å². The highest BCUT2D eigenvalue weighted by atomic mass is 16.2. The lowest BCUT2D eigenvalue weighted by atomic mass is 10.1. The normalized spacial score (nSPS) is 16.1. The van der Waals surface area contributed by atoms with Gasteiger partial charge in [-0.25, -0.2) is 0 Å². The first-order chi connectivity index (χ1) is 8.22. The van der Waals surface area contributed by atoms with E-state index in [1.54, 1.807) is 12.1 Å². The van der Waals surface area contributed by atoms with Gasteiger partial charge in [-0.15, -0.1) is 0 Å². The van der Waals surface area contributed by atoms with Gasteiger partial charge in [-0.1, -0.05) is 12.8 Å². The molecule has 0 saturated heterocycles. The summed E-state index contributed by atoms with van der Waals surface area (Å²) in [5.74, 6) is 0.138. The molecule has 0 aromatic heterocycles. The number of benzene rings is 1. The summed E-state index contributed by atoms with van der Waals surface area (Å²) < 4.78 is 0. The Morgan fingerprint density at radius 1 is 1.29 bits per heavy atom. The van der Waals surface area contributed by atoms with E-state index in [-0.39, 0.29) is 5.91 Å². The summed E-state index contributed by atoms with van der Waals surface area (Å²) in [7, 11) is 0. The van der Waals surface area contributed by atoms with E-state index in [2.05, 4.69) is 0 Å². The van der Waals surface area contributed by atoms with Gasteiger partial charge in [-0.2, -0.15) is 0 Å². The van der Waals surface area contributed by atoms with Crippen LogP contribution in [0.3, 0.4) is 0 Å². The Morgan fingerprint density at radius 2 is 1.88 bits per heavy atom. The fourth-order valence-electron chi connectivity index (χ4n) is 2.58. The van der Waals surface area contributed by atoms with Crippen LogP contribution >= 0.6 is 0 Å². The molecular weight excluding hydrogens is 212 g/mol. The number of amides is 1. The van der Waals surface area contributed by atoms with Crippen LogP contribution in [-0.2, 0) is 0 Å². The van der Waals surface area contributed by atoms with E-state index in [4.69, 9.17) is 5.73 Å². The minimum atomic E-state index is 0.138. The topological polar surface area (TPSA) is 46.3 Å². The lowest BCUT2D eigenvalue weighted by Crippen LogP contribution is -2.38. The second kappa shape index (κ2) is 5.21. The Kier molecular flexibility index (Phi) is 3.67. The van der Waals surface area contributed by atoms with E-state index in [1.807, 2.05) is 24.0 Å². The van der Waals surface area contributed by atoms with Crippen molar-refractivity contribution in [3.8, 4) is 0 Å². The fourth-order valence-corrected chi connectivity index (χ4v) is 2.58. The predicted octanol–water partition coefficient (Wildman–Crippen LogP) is 2.67. The maximum absolute atomic E-state index is 12.4. The van der Waals surface area contributed by atoms with Gasteiger partial charge in [0.05, 0.1) is 0 Å². The Bertz CT molecular complexity index is 380. The lowest BCUT2D eigenvalue weighted by Gasteiger charge is -2.27. The molecule has 1 amide bonds. The molecule has 1 aromatic carbocycles. The van der Waals surface area contributed by atoms with Gasteiger partial charge in [0.25, 0.3) is 5.91 Å². The fraction of sp³-hybridized carbons (Fsp3) is 0.500. The third-order valence-corrected chi connectivity index (χ3v) is 3.52. The Balaban J connectivity index is 2.13. The average molecular weight is 232 g/mol. The number of anilines is 1. The zero-order valence-electron chi connectivity index (χ0n) is 10.4. The average Bonchev–Trinajstić information content (AvgIpc) is 2.84. The summed E-state index contributed by atoms with van der Waals surface area (Å²) in [4.78, 5) is 14.4. The number of carbonyl (C=O) groups is 1. The van der Waals surface area contributed by atoms with Crippen molar-refractivity contribution in [3.63, 3.8) is 0 Å². The van der Waals surface area contributed by atoms with E-state index < -0.39 is 0 Å². The highest BCUT2D eigenvalue weighted by molar-refractivity contribution is 5.94. The molecule has 1 fully saturated rings. The van der Waals surface area contributed by atoms with Crippen LogP contribution in [0.2, 0.25) is 0 Å². The maximum atomic E-state index is 12.4. The van der Waals surface area contributed by atoms with Gasteiger partial charge in [0, 0.05) is 23.8 Å². The molecule has 0 atom stereocenters. The molecule has 1 aromatic rings. The van der Waals surface area contributed by atoms with Crippen molar-refractivity contribution >= 4 is 11.6 Å². The first-order valence-electron chi connectivity index (χ1n) is 6.39. The van der Waals surface area contributed by atoms with Crippen LogP contribution in [0.4, 0.5) is 5.69 Å². The largest absolute Gasteiger partial charge is 0.399 e. The van der Waals surface area contributed by atoms with Gasteiger partial charge >= 0.3 is 0 Å². The van der Waals surface area contributed by atoms with Crippen LogP contribution in [-0.4, -0.2) is 23.4 Å². The van der Waals surface area contributed by atoms with E-state index in [0.29, 0.717) is 11.7 Å². The molecule has 1 aliphatic rings. The molecule has 2 N–H and O–H groups in total. The van der Waals surface area contributed by atoms with Gasteiger partial charge in [0.2, 0.25) is 0 Å². The highest BCUT2D eigenvalue weighted by Crippen LogP contribution is 2.24. The van der Waals surface area contributed by atoms with Crippen molar-refractivity contribution in [3.05, 3.63) is 29.8 Å². The Labute approximate surface area is 103 Å². The summed E-state index contributed by atoms with van der Waals surface area (Å²) in [6.45, 7) is 2.83. The molecule has 0 unspecified atom stereocenters. The quantitative estimate of drug-likeness (QED) is 0.814. The second-order valence-corrected chi connectivity index (χ2v) is 4.65. The van der Waals surface area contributed by atoms with Crippen molar-refractivity contribution in [2.45, 2.75) is 38.6 Å². The highest BCUT2D eigenvalue weighted by Gasteiger charge is 2.25. The maximum Gasteiger partial charge on any atom is 0.254 e. The van der Waals surface area contributed by atoms with Gasteiger partial charge in [-0.3, -0.25) is 4.79 Å². The molecule has 0 aliphatic heterocycles. The standard InChI is InChI=1S/C14H20N2O/c1-2-16(13-5-3-4-6-13)14(17)11-7-9-12(15)10-8-11/h7-10,13H,2-6,15H2,1H3. The van der Waals surface area contributed by atoms with Gasteiger partial charge in [0.15, 0.2) is 0 Å². The molecule has 3 nitrogen and oxygen atoms in total. The number of carbonyl (C=O) groups excluding carboxylic acids is 1. The molecule has 0 spiro atoms. The molecule has 0 radical (unpaired) electrons. The van der Waals surface area contributed by atoms with E-state index in [1.165, 1.54) is 12.8 Å². The number of nitrogens with two attached hydrogens (primary N) is 1. The molecule has 3 heteroatoms. The zero-order chi connectivity index (χ0) is 12.3. The van der Waals surface area contributed by atoms with Gasteiger partial charge in [0.1, 0.15) is 0 Å². The second-order valence-electron chi connectivity index (χ2n) is 4.65. The van der Waals surface area contributed by atoms with Crippen molar-refractivity contribution in [1.82, 2.24) is 4.90 Å². The first-order valence-corrected chi connectivity index (χ1v) is 6.39. The Morgan fingerprint density at radius 3 is 2.41 bits per heavy atom. The van der Waals surface area contributed by atoms with E-state index in [0.717, 1.165) is 24.9 Å². The van der Waals surface area contributed by atoms with Crippen molar-refractivity contribution in [2.24, 2.45) is 0 Å². The van der Waals surface area contributed by atoms with Crippen LogP contribution < -0.4 is 5.73 Å². The molecule has 0 heterocycles. The monoisotopic (exact) mass is 232 g/mol. The third-order valence-electron chi connectivity index (χ3n) is 3.52. The van der Waals surface area contributed by atoms with Gasteiger partial charge in [-0.05, 0) is 44.0 Å². The number of rotatable bonds is 3. The van der Waals surface area contributed by atoms with E-state index in [9.17, 15) is 4.79 Å². The SMILES string of the molecule is CCN(C(=O)c1ccc(N)cc1)C1CCCC1. The molecule has 0 bridgehead atoms. The molecule has 17 heavy (non-hydrogen) atoms.